The molecule has 134 valence electrons. The van der Waals surface area contributed by atoms with E-state index in [2.05, 4.69) is 27.1 Å². The predicted octanol–water partition coefficient (Wildman–Crippen LogP) is 3.70. The Balaban J connectivity index is 1.81. The monoisotopic (exact) mass is 344 g/mol. The lowest BCUT2D eigenvalue weighted by Crippen LogP contribution is -2.24. The van der Waals surface area contributed by atoms with Gasteiger partial charge in [0.2, 0.25) is 0 Å². The number of aromatic nitrogens is 2. The zero-order valence-electron chi connectivity index (χ0n) is 15.1. The van der Waals surface area contributed by atoms with Crippen molar-refractivity contribution < 1.29 is 9.13 Å². The molecule has 1 saturated heterocycles. The number of anilines is 1. The molecule has 1 aliphatic heterocycles. The van der Waals surface area contributed by atoms with E-state index in [0.29, 0.717) is 5.75 Å². The Morgan fingerprint density at radius 1 is 1.32 bits per heavy atom. The van der Waals surface area contributed by atoms with Gasteiger partial charge in [-0.15, -0.1) is 0 Å². The first-order valence-corrected chi connectivity index (χ1v) is 8.76. The van der Waals surface area contributed by atoms with Crippen molar-refractivity contribution in [3.05, 3.63) is 47.2 Å². The van der Waals surface area contributed by atoms with Gasteiger partial charge in [-0.05, 0) is 50.9 Å². The van der Waals surface area contributed by atoms with E-state index in [1.807, 2.05) is 19.1 Å². The van der Waals surface area contributed by atoms with Crippen LogP contribution in [0.15, 0.2) is 24.3 Å². The number of nitrogens with zero attached hydrogens (tertiary/aromatic N) is 3. The van der Waals surface area contributed by atoms with E-state index < -0.39 is 0 Å². The molecule has 2 aromatic rings. The third-order valence-electron chi connectivity index (χ3n) is 4.52. The lowest BCUT2D eigenvalue weighted by atomic mass is 10.1. The number of likely N-dealkylation sites (tertiary alicyclic amines) is 1. The van der Waals surface area contributed by atoms with Crippen LogP contribution < -0.4 is 10.1 Å². The number of hydrogen-bond acceptors (Lipinski definition) is 5. The zero-order valence-corrected chi connectivity index (χ0v) is 15.1. The van der Waals surface area contributed by atoms with Gasteiger partial charge in [0.15, 0.2) is 11.6 Å². The highest BCUT2D eigenvalue weighted by Crippen LogP contribution is 2.33. The summed E-state index contributed by atoms with van der Waals surface area (Å²) < 4.78 is 18.7. The maximum atomic E-state index is 13.6. The number of ether oxygens (including phenoxy) is 1. The minimum absolute atomic E-state index is 0.259. The summed E-state index contributed by atoms with van der Waals surface area (Å²) in [6.07, 6.45) is 2.20. The Labute approximate surface area is 148 Å². The lowest BCUT2D eigenvalue weighted by Gasteiger charge is -2.25. The van der Waals surface area contributed by atoms with E-state index in [0.717, 1.165) is 55.4 Å². The Hall–Kier alpha value is -2.21. The Kier molecular flexibility index (Phi) is 5.48. The van der Waals surface area contributed by atoms with E-state index in [1.165, 1.54) is 13.2 Å². The number of halogens is 1. The van der Waals surface area contributed by atoms with Crippen LogP contribution in [0.1, 0.15) is 42.9 Å². The van der Waals surface area contributed by atoms with Crippen molar-refractivity contribution in [1.29, 1.82) is 0 Å². The van der Waals surface area contributed by atoms with Crippen LogP contribution in [0.25, 0.3) is 0 Å². The first-order chi connectivity index (χ1) is 12.1. The lowest BCUT2D eigenvalue weighted by molar-refractivity contribution is 0.243. The summed E-state index contributed by atoms with van der Waals surface area (Å²) in [5.74, 6) is 1.62. The molecule has 1 fully saturated rings. The van der Waals surface area contributed by atoms with E-state index in [4.69, 9.17) is 4.74 Å². The second-order valence-electron chi connectivity index (χ2n) is 6.35. The molecule has 6 heteroatoms. The van der Waals surface area contributed by atoms with Gasteiger partial charge in [-0.25, -0.2) is 14.4 Å². The number of nitrogens with one attached hydrogen (secondary N) is 1. The summed E-state index contributed by atoms with van der Waals surface area (Å²) in [5, 5.41) is 3.27. The fourth-order valence-corrected chi connectivity index (χ4v) is 3.42. The van der Waals surface area contributed by atoms with Crippen LogP contribution in [0.2, 0.25) is 0 Å². The molecule has 1 aliphatic rings. The molecule has 0 spiro atoms. The summed E-state index contributed by atoms with van der Waals surface area (Å²) >= 11 is 0. The van der Waals surface area contributed by atoms with Crippen LogP contribution in [0.3, 0.4) is 0 Å². The smallest absolute Gasteiger partial charge is 0.165 e. The number of hydrogen-bond donors (Lipinski definition) is 1. The minimum Gasteiger partial charge on any atom is -0.494 e. The average molecular weight is 344 g/mol. The van der Waals surface area contributed by atoms with Crippen molar-refractivity contribution >= 4 is 5.82 Å². The molecule has 1 aromatic heterocycles. The summed E-state index contributed by atoms with van der Waals surface area (Å²) in [6.45, 7) is 6.57. The molecule has 0 radical (unpaired) electrons. The molecule has 1 aromatic carbocycles. The van der Waals surface area contributed by atoms with Gasteiger partial charge in [0.1, 0.15) is 11.6 Å². The van der Waals surface area contributed by atoms with Crippen LogP contribution in [-0.2, 0) is 6.54 Å². The number of methoxy groups -OCH3 is 1. The van der Waals surface area contributed by atoms with Crippen molar-refractivity contribution in [2.75, 3.05) is 25.5 Å². The van der Waals surface area contributed by atoms with Crippen molar-refractivity contribution in [1.82, 2.24) is 14.9 Å². The van der Waals surface area contributed by atoms with Crippen LogP contribution in [0.4, 0.5) is 10.2 Å². The van der Waals surface area contributed by atoms with Crippen LogP contribution in [-0.4, -0.2) is 35.1 Å². The first-order valence-electron chi connectivity index (χ1n) is 8.76. The SMILES string of the molecule is CCNc1cc([C@@H]2CCCN2Cc2ccc(F)c(OC)c2)nc(C)n1. The fourth-order valence-electron chi connectivity index (χ4n) is 3.42. The quantitative estimate of drug-likeness (QED) is 0.866. The Morgan fingerprint density at radius 3 is 2.92 bits per heavy atom. The van der Waals surface area contributed by atoms with Gasteiger partial charge in [-0.1, -0.05) is 6.07 Å². The first kappa shape index (κ1) is 17.6. The Morgan fingerprint density at radius 2 is 2.16 bits per heavy atom. The topological polar surface area (TPSA) is 50.3 Å². The highest BCUT2D eigenvalue weighted by molar-refractivity contribution is 5.37. The molecular formula is C19H25FN4O. The predicted molar refractivity (Wildman–Crippen MR) is 96.3 cm³/mol. The van der Waals surface area contributed by atoms with Gasteiger partial charge in [-0.2, -0.15) is 0 Å². The second-order valence-corrected chi connectivity index (χ2v) is 6.35. The molecule has 5 nitrogen and oxygen atoms in total. The van der Waals surface area contributed by atoms with Crippen LogP contribution >= 0.6 is 0 Å². The molecule has 0 amide bonds. The van der Waals surface area contributed by atoms with Crippen molar-refractivity contribution in [3.8, 4) is 5.75 Å². The second kappa shape index (κ2) is 7.78. The largest absolute Gasteiger partial charge is 0.494 e. The van der Waals surface area contributed by atoms with E-state index in [9.17, 15) is 4.39 Å². The van der Waals surface area contributed by atoms with Crippen molar-refractivity contribution in [2.45, 2.75) is 39.3 Å². The number of rotatable bonds is 6. The molecule has 0 aliphatic carbocycles. The molecule has 0 saturated carbocycles. The highest BCUT2D eigenvalue weighted by atomic mass is 19.1. The molecule has 0 bridgehead atoms. The normalized spacial score (nSPS) is 17.7. The van der Waals surface area contributed by atoms with E-state index >= 15 is 0 Å². The van der Waals surface area contributed by atoms with Gasteiger partial charge in [-0.3, -0.25) is 4.90 Å². The number of aryl methyl sites for hydroxylation is 1. The van der Waals surface area contributed by atoms with E-state index in [-0.39, 0.29) is 11.9 Å². The van der Waals surface area contributed by atoms with Gasteiger partial charge in [0.05, 0.1) is 18.8 Å². The molecule has 1 atom stereocenters. The minimum atomic E-state index is -0.328. The Bertz CT molecular complexity index is 737. The molecule has 25 heavy (non-hydrogen) atoms. The van der Waals surface area contributed by atoms with Gasteiger partial charge in [0, 0.05) is 19.2 Å². The third-order valence-corrected chi connectivity index (χ3v) is 4.52. The summed E-state index contributed by atoms with van der Waals surface area (Å²) in [6, 6.07) is 7.38. The molecule has 2 heterocycles. The standard InChI is InChI=1S/C19H25FN4O/c1-4-21-19-11-16(22-13(2)23-19)17-6-5-9-24(17)12-14-7-8-15(20)18(10-14)25-3/h7-8,10-11,17H,4-6,9,12H2,1-3H3,(H,21,22,23)/t17-/m0/s1. The van der Waals surface area contributed by atoms with Crippen LogP contribution in [0, 0.1) is 12.7 Å². The van der Waals surface area contributed by atoms with Crippen LogP contribution in [0.5, 0.6) is 5.75 Å². The third kappa shape index (κ3) is 4.07. The maximum Gasteiger partial charge on any atom is 0.165 e. The average Bonchev–Trinajstić information content (AvgIpc) is 3.04. The highest BCUT2D eigenvalue weighted by Gasteiger charge is 2.28. The van der Waals surface area contributed by atoms with Gasteiger partial charge in [0.25, 0.3) is 0 Å². The summed E-state index contributed by atoms with van der Waals surface area (Å²) in [5.41, 5.74) is 2.10. The summed E-state index contributed by atoms with van der Waals surface area (Å²) in [7, 11) is 1.49. The molecule has 0 unspecified atom stereocenters. The zero-order chi connectivity index (χ0) is 17.8. The fraction of sp³-hybridized carbons (Fsp3) is 0.474. The molecular weight excluding hydrogens is 319 g/mol. The van der Waals surface area contributed by atoms with Crippen molar-refractivity contribution in [2.24, 2.45) is 0 Å². The van der Waals surface area contributed by atoms with Gasteiger partial charge < -0.3 is 10.1 Å². The summed E-state index contributed by atoms with van der Waals surface area (Å²) in [4.78, 5) is 11.5. The maximum absolute atomic E-state index is 13.6. The van der Waals surface area contributed by atoms with E-state index in [1.54, 1.807) is 6.07 Å². The van der Waals surface area contributed by atoms with Gasteiger partial charge >= 0.3 is 0 Å². The van der Waals surface area contributed by atoms with Crippen molar-refractivity contribution in [3.63, 3.8) is 0 Å². The number of benzene rings is 1. The molecule has 1 N–H and O–H groups in total. The molecule has 3 rings (SSSR count).